The van der Waals surface area contributed by atoms with E-state index in [4.69, 9.17) is 17.3 Å². The molecule has 0 radical (unpaired) electrons. The molecule has 0 fully saturated rings. The van der Waals surface area contributed by atoms with Crippen molar-refractivity contribution in [3.63, 3.8) is 0 Å². The van der Waals surface area contributed by atoms with Crippen LogP contribution in [0, 0.1) is 5.82 Å². The van der Waals surface area contributed by atoms with E-state index >= 15 is 0 Å². The fraction of sp³-hybridized carbons (Fsp3) is 0.136. The van der Waals surface area contributed by atoms with Gasteiger partial charge in [0.2, 0.25) is 0 Å². The van der Waals surface area contributed by atoms with Gasteiger partial charge >= 0.3 is 0 Å². The molecule has 0 atom stereocenters. The first-order valence-corrected chi connectivity index (χ1v) is 11.7. The van der Waals surface area contributed by atoms with Crippen molar-refractivity contribution in [1.82, 2.24) is 14.5 Å². The van der Waals surface area contributed by atoms with E-state index < -0.39 is 21.6 Å². The number of halogens is 2. The van der Waals surface area contributed by atoms with Gasteiger partial charge in [-0.15, -0.1) is 0 Å². The number of benzene rings is 2. The lowest BCUT2D eigenvalue weighted by Gasteiger charge is -2.11. The molecular weight excluding hydrogens is 469 g/mol. The second-order valence-electron chi connectivity index (χ2n) is 7.56. The first-order chi connectivity index (χ1) is 15.6. The van der Waals surface area contributed by atoms with Crippen molar-refractivity contribution < 1.29 is 17.6 Å². The summed E-state index contributed by atoms with van der Waals surface area (Å²) in [5.74, 6) is -1.42. The molecule has 11 heteroatoms. The summed E-state index contributed by atoms with van der Waals surface area (Å²) < 4.78 is 44.3. The van der Waals surface area contributed by atoms with Crippen molar-refractivity contribution >= 4 is 49.9 Å². The minimum absolute atomic E-state index is 0.00325. The molecule has 0 aliphatic heterocycles. The van der Waals surface area contributed by atoms with Crippen molar-refractivity contribution in [2.45, 2.75) is 24.8 Å². The Bertz CT molecular complexity index is 1500. The van der Waals surface area contributed by atoms with Crippen molar-refractivity contribution in [1.29, 1.82) is 0 Å². The molecule has 4 aromatic rings. The summed E-state index contributed by atoms with van der Waals surface area (Å²) in [6.45, 7) is 3.80. The number of ketones is 1. The van der Waals surface area contributed by atoms with Crippen LogP contribution in [-0.2, 0) is 10.0 Å². The number of nitrogens with two attached hydrogens (primary N) is 1. The van der Waals surface area contributed by atoms with Gasteiger partial charge in [0.15, 0.2) is 5.78 Å². The van der Waals surface area contributed by atoms with E-state index in [0.717, 1.165) is 12.1 Å². The summed E-state index contributed by atoms with van der Waals surface area (Å²) in [5.41, 5.74) is 6.22. The highest BCUT2D eigenvalue weighted by molar-refractivity contribution is 7.92. The second kappa shape index (κ2) is 8.45. The third-order valence-corrected chi connectivity index (χ3v) is 6.91. The maximum absolute atomic E-state index is 14.7. The molecule has 0 aliphatic carbocycles. The van der Waals surface area contributed by atoms with Crippen LogP contribution in [0.3, 0.4) is 0 Å². The SMILES string of the molecule is CC(C)n1cc(C(=O)c2cc(NS(=O)(=O)c3ccccc3Cl)ccc2F)c2c(N)ncnc21. The highest BCUT2D eigenvalue weighted by atomic mass is 35.5. The second-order valence-corrected chi connectivity index (χ2v) is 9.62. The average Bonchev–Trinajstić information content (AvgIpc) is 3.16. The standard InChI is InChI=1S/C22H19ClFN5O3S/c1-12(2)29-10-15(19-21(25)26-11-27-22(19)29)20(30)14-9-13(7-8-17(14)24)28-33(31,32)18-6-4-3-5-16(18)23/h3-12,28H,1-2H3,(H2,25,26,27). The normalized spacial score (nSPS) is 11.8. The highest BCUT2D eigenvalue weighted by Crippen LogP contribution is 2.30. The van der Waals surface area contributed by atoms with Crippen LogP contribution in [0.4, 0.5) is 15.9 Å². The third-order valence-electron chi connectivity index (χ3n) is 5.03. The number of nitrogens with zero attached hydrogens (tertiary/aromatic N) is 3. The lowest BCUT2D eigenvalue weighted by atomic mass is 10.0. The van der Waals surface area contributed by atoms with Crippen LogP contribution in [0.1, 0.15) is 35.8 Å². The summed E-state index contributed by atoms with van der Waals surface area (Å²) in [7, 11) is -4.07. The van der Waals surface area contributed by atoms with Gasteiger partial charge in [0.1, 0.15) is 28.5 Å². The molecule has 4 rings (SSSR count). The summed E-state index contributed by atoms with van der Waals surface area (Å²) in [5, 5.41) is 0.332. The molecule has 0 spiro atoms. The van der Waals surface area contributed by atoms with Gasteiger partial charge in [-0.1, -0.05) is 23.7 Å². The Kier molecular flexibility index (Phi) is 5.81. The van der Waals surface area contributed by atoms with Crippen molar-refractivity contribution in [2.24, 2.45) is 0 Å². The fourth-order valence-corrected chi connectivity index (χ4v) is 5.02. The first kappa shape index (κ1) is 22.7. The summed E-state index contributed by atoms with van der Waals surface area (Å²) in [6.07, 6.45) is 2.83. The number of nitrogen functional groups attached to an aromatic ring is 1. The van der Waals surface area contributed by atoms with Crippen molar-refractivity contribution in [3.8, 4) is 0 Å². The van der Waals surface area contributed by atoms with Gasteiger partial charge in [0, 0.05) is 17.9 Å². The highest BCUT2D eigenvalue weighted by Gasteiger charge is 2.24. The molecule has 2 aromatic heterocycles. The lowest BCUT2D eigenvalue weighted by molar-refractivity contribution is 0.103. The van der Waals surface area contributed by atoms with Gasteiger partial charge in [-0.25, -0.2) is 22.8 Å². The van der Waals surface area contributed by atoms with E-state index in [2.05, 4.69) is 14.7 Å². The molecule has 2 heterocycles. The Morgan fingerprint density at radius 3 is 2.58 bits per heavy atom. The number of fused-ring (bicyclic) bond motifs is 1. The Morgan fingerprint density at radius 1 is 1.15 bits per heavy atom. The van der Waals surface area contributed by atoms with Crippen LogP contribution >= 0.6 is 11.6 Å². The molecule has 0 unspecified atom stereocenters. The van der Waals surface area contributed by atoms with E-state index in [9.17, 15) is 17.6 Å². The molecule has 0 amide bonds. The van der Waals surface area contributed by atoms with Gasteiger partial charge in [0.05, 0.1) is 21.5 Å². The van der Waals surface area contributed by atoms with Gasteiger partial charge in [0.25, 0.3) is 10.0 Å². The Balaban J connectivity index is 1.78. The monoisotopic (exact) mass is 487 g/mol. The molecular formula is C22H19ClFN5O3S. The third kappa shape index (κ3) is 4.14. The molecule has 0 saturated heterocycles. The lowest BCUT2D eigenvalue weighted by Crippen LogP contribution is -2.14. The largest absolute Gasteiger partial charge is 0.383 e. The van der Waals surface area contributed by atoms with Crippen LogP contribution in [0.5, 0.6) is 0 Å². The molecule has 2 aromatic carbocycles. The van der Waals surface area contributed by atoms with Crippen molar-refractivity contribution in [2.75, 3.05) is 10.5 Å². The van der Waals surface area contributed by atoms with Gasteiger partial charge in [-0.2, -0.15) is 0 Å². The maximum Gasteiger partial charge on any atom is 0.263 e. The van der Waals surface area contributed by atoms with Gasteiger partial charge in [-0.3, -0.25) is 9.52 Å². The number of nitrogens with one attached hydrogen (secondary N) is 1. The number of aromatic nitrogens is 3. The molecule has 8 nitrogen and oxygen atoms in total. The average molecular weight is 488 g/mol. The van der Waals surface area contributed by atoms with Crippen molar-refractivity contribution in [3.05, 3.63) is 77.0 Å². The predicted molar refractivity (Wildman–Crippen MR) is 124 cm³/mol. The smallest absolute Gasteiger partial charge is 0.263 e. The minimum atomic E-state index is -4.07. The van der Waals surface area contributed by atoms with Gasteiger partial charge < -0.3 is 10.3 Å². The van der Waals surface area contributed by atoms with Crippen LogP contribution in [0.15, 0.2) is 59.9 Å². The number of anilines is 2. The van der Waals surface area contributed by atoms with Crippen LogP contribution in [0.25, 0.3) is 11.0 Å². The van der Waals surface area contributed by atoms with E-state index in [1.54, 1.807) is 16.8 Å². The number of rotatable bonds is 6. The Morgan fingerprint density at radius 2 is 1.88 bits per heavy atom. The minimum Gasteiger partial charge on any atom is -0.383 e. The molecule has 170 valence electrons. The first-order valence-electron chi connectivity index (χ1n) is 9.82. The molecule has 0 bridgehead atoms. The van der Waals surface area contributed by atoms with E-state index in [1.165, 1.54) is 30.6 Å². The van der Waals surface area contributed by atoms with Crippen LogP contribution in [-0.4, -0.2) is 28.7 Å². The zero-order chi connectivity index (χ0) is 23.9. The van der Waals surface area contributed by atoms with Gasteiger partial charge in [-0.05, 0) is 44.2 Å². The summed E-state index contributed by atoms with van der Waals surface area (Å²) in [6, 6.07) is 9.20. The van der Waals surface area contributed by atoms with Crippen LogP contribution < -0.4 is 10.5 Å². The fourth-order valence-electron chi connectivity index (χ4n) is 3.45. The predicted octanol–water partition coefficient (Wildman–Crippen LogP) is 4.42. The summed E-state index contributed by atoms with van der Waals surface area (Å²) >= 11 is 6.00. The molecule has 33 heavy (non-hydrogen) atoms. The molecule has 0 saturated carbocycles. The zero-order valence-corrected chi connectivity index (χ0v) is 19.2. The Hall–Kier alpha value is -3.50. The Labute approximate surface area is 194 Å². The molecule has 3 N–H and O–H groups in total. The number of hydrogen-bond acceptors (Lipinski definition) is 6. The van der Waals surface area contributed by atoms with E-state index in [0.29, 0.717) is 11.0 Å². The number of carbonyl (C=O) groups is 1. The number of carbonyl (C=O) groups excluding carboxylic acids is 1. The van der Waals surface area contributed by atoms with E-state index in [1.807, 2.05) is 13.8 Å². The number of hydrogen-bond donors (Lipinski definition) is 2. The quantitative estimate of drug-likeness (QED) is 0.388. The summed E-state index contributed by atoms with van der Waals surface area (Å²) in [4.78, 5) is 21.4. The zero-order valence-electron chi connectivity index (χ0n) is 17.6. The number of sulfonamides is 1. The van der Waals surface area contributed by atoms with E-state index in [-0.39, 0.29) is 38.6 Å². The molecule has 0 aliphatic rings. The topological polar surface area (TPSA) is 120 Å². The van der Waals surface area contributed by atoms with Crippen LogP contribution in [0.2, 0.25) is 5.02 Å². The maximum atomic E-state index is 14.7.